The molecule has 6 N–H and O–H groups in total. The second-order valence-corrected chi connectivity index (χ2v) is 10.1. The minimum atomic E-state index is -0.299. The molecule has 6 rings (SSSR count). The minimum absolute atomic E-state index is 0.116. The quantitative estimate of drug-likeness (QED) is 0.245. The summed E-state index contributed by atoms with van der Waals surface area (Å²) in [5.41, 5.74) is 14.7. The molecule has 216 valence electrons. The first-order chi connectivity index (χ1) is 19.4. The molecule has 0 radical (unpaired) electrons. The summed E-state index contributed by atoms with van der Waals surface area (Å²) in [6.07, 6.45) is 5.08. The van der Waals surface area contributed by atoms with Crippen molar-refractivity contribution >= 4 is 45.1 Å². The van der Waals surface area contributed by atoms with E-state index in [0.29, 0.717) is 39.9 Å². The lowest BCUT2D eigenvalue weighted by molar-refractivity contribution is 0.526. The van der Waals surface area contributed by atoms with Crippen LogP contribution in [-0.4, -0.2) is 59.0 Å². The van der Waals surface area contributed by atoms with Crippen molar-refractivity contribution in [2.45, 2.75) is 66.6 Å². The van der Waals surface area contributed by atoms with Gasteiger partial charge in [0, 0.05) is 18.3 Å². The van der Waals surface area contributed by atoms with Crippen LogP contribution in [0.2, 0.25) is 0 Å². The van der Waals surface area contributed by atoms with E-state index in [0.717, 1.165) is 11.2 Å². The predicted molar refractivity (Wildman–Crippen MR) is 156 cm³/mol. The Labute approximate surface area is 233 Å². The standard InChI is InChI=1S/C9H12N4.2C8H11N5O/c1-6(2)13-5-12-8-7(10)3-4-11-9(8)13;1-4(2)13-3-10-5-6(13)11-8(9)12-7(5)14;1-4(2)13-7-6(11-12-13)8(14)10-5(3)9-7/h3-6H,1-2H3,(H2,10,11);3-4H,1-2H3,(H3,9,11,12,14);4H,1-3H3,(H,9,10,14). The number of nitrogens with zero attached hydrogens (tertiary/aromatic N) is 10. The Morgan fingerprint density at radius 3 is 1.98 bits per heavy atom. The zero-order valence-corrected chi connectivity index (χ0v) is 24.0. The van der Waals surface area contributed by atoms with E-state index in [2.05, 4.69) is 59.0 Å². The number of rotatable bonds is 3. The van der Waals surface area contributed by atoms with Gasteiger partial charge in [0.25, 0.3) is 11.1 Å². The van der Waals surface area contributed by atoms with Crippen molar-refractivity contribution in [1.29, 1.82) is 0 Å². The van der Waals surface area contributed by atoms with Gasteiger partial charge in [-0.25, -0.2) is 24.6 Å². The van der Waals surface area contributed by atoms with Crippen molar-refractivity contribution < 1.29 is 0 Å². The molecule has 6 aromatic heterocycles. The number of nitrogens with two attached hydrogens (primary N) is 2. The number of hydrogen-bond donors (Lipinski definition) is 4. The van der Waals surface area contributed by atoms with Gasteiger partial charge in [-0.3, -0.25) is 14.6 Å². The molecule has 0 amide bonds. The zero-order valence-electron chi connectivity index (χ0n) is 24.0. The number of anilines is 2. The molecule has 0 aliphatic heterocycles. The van der Waals surface area contributed by atoms with Crippen LogP contribution in [0, 0.1) is 6.92 Å². The number of aromatic amines is 2. The maximum Gasteiger partial charge on any atom is 0.281 e. The summed E-state index contributed by atoms with van der Waals surface area (Å²) in [6, 6.07) is 2.47. The lowest BCUT2D eigenvalue weighted by Gasteiger charge is -2.06. The van der Waals surface area contributed by atoms with E-state index in [-0.39, 0.29) is 29.2 Å². The molecular formula is C25H34N14O2. The molecule has 0 saturated heterocycles. The molecule has 0 spiro atoms. The summed E-state index contributed by atoms with van der Waals surface area (Å²) >= 11 is 0. The first-order valence-corrected chi connectivity index (χ1v) is 13.0. The Hall–Kier alpha value is -5.15. The van der Waals surface area contributed by atoms with Crippen molar-refractivity contribution in [1.82, 2.24) is 59.0 Å². The molecule has 0 atom stereocenters. The molecule has 0 unspecified atom stereocenters. The number of aromatic nitrogens is 12. The zero-order chi connectivity index (χ0) is 30.0. The third-order valence-corrected chi connectivity index (χ3v) is 6.00. The van der Waals surface area contributed by atoms with Gasteiger partial charge in [0.1, 0.15) is 11.3 Å². The Morgan fingerprint density at radius 2 is 1.34 bits per heavy atom. The summed E-state index contributed by atoms with van der Waals surface area (Å²) in [4.78, 5) is 48.5. The average Bonchev–Trinajstić information content (AvgIpc) is 3.62. The monoisotopic (exact) mass is 562 g/mol. The predicted octanol–water partition coefficient (Wildman–Crippen LogP) is 2.28. The van der Waals surface area contributed by atoms with Gasteiger partial charge < -0.3 is 25.6 Å². The van der Waals surface area contributed by atoms with E-state index >= 15 is 0 Å². The van der Waals surface area contributed by atoms with Crippen LogP contribution in [0.5, 0.6) is 0 Å². The highest BCUT2D eigenvalue weighted by atomic mass is 16.1. The van der Waals surface area contributed by atoms with Gasteiger partial charge in [0.05, 0.1) is 24.4 Å². The van der Waals surface area contributed by atoms with E-state index in [1.165, 1.54) is 0 Å². The third kappa shape index (κ3) is 5.90. The summed E-state index contributed by atoms with van der Waals surface area (Å²) < 4.78 is 5.45. The topological polar surface area (TPSA) is 223 Å². The second-order valence-electron chi connectivity index (χ2n) is 10.1. The molecule has 0 saturated carbocycles. The van der Waals surface area contributed by atoms with Gasteiger partial charge in [0.2, 0.25) is 5.95 Å². The molecule has 0 fully saturated rings. The number of nitrogen functional groups attached to an aromatic ring is 2. The molecular weight excluding hydrogens is 528 g/mol. The van der Waals surface area contributed by atoms with Crippen molar-refractivity contribution in [2.24, 2.45) is 0 Å². The lowest BCUT2D eigenvalue weighted by atomic mass is 10.3. The van der Waals surface area contributed by atoms with Gasteiger partial charge in [0.15, 0.2) is 28.0 Å². The number of H-pyrrole nitrogens is 2. The van der Waals surface area contributed by atoms with Gasteiger partial charge in [-0.1, -0.05) is 5.21 Å². The molecule has 0 bridgehead atoms. The highest BCUT2D eigenvalue weighted by Gasteiger charge is 2.12. The number of fused-ring (bicyclic) bond motifs is 3. The Balaban J connectivity index is 0.000000142. The van der Waals surface area contributed by atoms with Gasteiger partial charge >= 0.3 is 0 Å². The molecule has 16 nitrogen and oxygen atoms in total. The van der Waals surface area contributed by atoms with Crippen LogP contribution in [-0.2, 0) is 0 Å². The third-order valence-electron chi connectivity index (χ3n) is 6.00. The van der Waals surface area contributed by atoms with E-state index in [1.54, 1.807) is 41.1 Å². The van der Waals surface area contributed by atoms with Crippen molar-refractivity contribution in [3.05, 3.63) is 51.4 Å². The Kier molecular flexibility index (Phi) is 8.11. The Morgan fingerprint density at radius 1 is 0.732 bits per heavy atom. The van der Waals surface area contributed by atoms with Gasteiger partial charge in [-0.2, -0.15) is 4.98 Å². The molecule has 0 aliphatic rings. The summed E-state index contributed by atoms with van der Waals surface area (Å²) in [7, 11) is 0. The highest BCUT2D eigenvalue weighted by molar-refractivity contribution is 5.83. The lowest BCUT2D eigenvalue weighted by Crippen LogP contribution is -2.12. The van der Waals surface area contributed by atoms with Crippen molar-refractivity contribution in [3.8, 4) is 0 Å². The first kappa shape index (κ1) is 28.8. The van der Waals surface area contributed by atoms with Crippen LogP contribution in [0.3, 0.4) is 0 Å². The summed E-state index contributed by atoms with van der Waals surface area (Å²) in [6.45, 7) is 13.8. The van der Waals surface area contributed by atoms with Gasteiger partial charge in [-0.15, -0.1) is 5.10 Å². The van der Waals surface area contributed by atoms with Crippen LogP contribution < -0.4 is 22.6 Å². The van der Waals surface area contributed by atoms with Crippen molar-refractivity contribution in [3.63, 3.8) is 0 Å². The molecule has 41 heavy (non-hydrogen) atoms. The number of aryl methyl sites for hydroxylation is 1. The van der Waals surface area contributed by atoms with Crippen LogP contribution in [0.15, 0.2) is 34.5 Å². The van der Waals surface area contributed by atoms with E-state index < -0.39 is 0 Å². The molecule has 0 aromatic carbocycles. The molecule has 0 aliphatic carbocycles. The maximum absolute atomic E-state index is 11.4. The normalized spacial score (nSPS) is 11.4. The fraction of sp³-hybridized carbons (Fsp3) is 0.400. The highest BCUT2D eigenvalue weighted by Crippen LogP contribution is 2.19. The largest absolute Gasteiger partial charge is 0.397 e. The maximum atomic E-state index is 11.4. The van der Waals surface area contributed by atoms with Crippen LogP contribution >= 0.6 is 0 Å². The van der Waals surface area contributed by atoms with Crippen LogP contribution in [0.4, 0.5) is 11.6 Å². The summed E-state index contributed by atoms with van der Waals surface area (Å²) in [5, 5.41) is 7.67. The summed E-state index contributed by atoms with van der Waals surface area (Å²) in [5.74, 6) is 0.691. The average molecular weight is 563 g/mol. The molecule has 6 aromatic rings. The molecule has 16 heteroatoms. The van der Waals surface area contributed by atoms with E-state index in [9.17, 15) is 9.59 Å². The Bertz CT molecular complexity index is 1820. The number of nitrogens with one attached hydrogen (secondary N) is 2. The van der Waals surface area contributed by atoms with Gasteiger partial charge in [-0.05, 0) is 54.5 Å². The molecule has 6 heterocycles. The van der Waals surface area contributed by atoms with Crippen molar-refractivity contribution in [2.75, 3.05) is 11.5 Å². The first-order valence-electron chi connectivity index (χ1n) is 13.0. The van der Waals surface area contributed by atoms with E-state index in [1.807, 2.05) is 32.3 Å². The van der Waals surface area contributed by atoms with Crippen LogP contribution in [0.25, 0.3) is 33.5 Å². The smallest absolute Gasteiger partial charge is 0.281 e. The second kappa shape index (κ2) is 11.5. The SMILES string of the molecule is CC(C)n1cnc2c(=O)[nH]c(N)nc21.CC(C)n1cnc2c(N)ccnc21.Cc1nc2c(nnn2C(C)C)c(=O)[nH]1. The van der Waals surface area contributed by atoms with E-state index in [4.69, 9.17) is 11.5 Å². The minimum Gasteiger partial charge on any atom is -0.397 e. The number of hydrogen-bond acceptors (Lipinski definition) is 11. The number of pyridine rings is 1. The fourth-order valence-corrected chi connectivity index (χ4v) is 3.95. The van der Waals surface area contributed by atoms with Crippen LogP contribution in [0.1, 0.15) is 65.5 Å². The number of imidazole rings is 2. The fourth-order valence-electron chi connectivity index (χ4n) is 3.95.